The summed E-state index contributed by atoms with van der Waals surface area (Å²) in [5, 5.41) is 1.40. The Balaban J connectivity index is 1.81. The Hall–Kier alpha value is -2.12. The largest absolute Gasteiger partial charge is 0.292 e. The predicted molar refractivity (Wildman–Crippen MR) is 121 cm³/mol. The van der Waals surface area contributed by atoms with E-state index in [0.29, 0.717) is 36.0 Å². The van der Waals surface area contributed by atoms with Crippen LogP contribution >= 0.6 is 46.3 Å². The summed E-state index contributed by atoms with van der Waals surface area (Å²) >= 11 is 14.5. The minimum absolute atomic E-state index is 0.0665. The van der Waals surface area contributed by atoms with Crippen molar-refractivity contribution >= 4 is 63.0 Å². The number of halogens is 2. The van der Waals surface area contributed by atoms with Gasteiger partial charge in [-0.25, -0.2) is 4.98 Å². The molecule has 4 rings (SSSR count). The maximum absolute atomic E-state index is 13.3. The van der Waals surface area contributed by atoms with Gasteiger partial charge in [0.1, 0.15) is 0 Å². The number of fused-ring (bicyclic) bond motifs is 1. The van der Waals surface area contributed by atoms with Gasteiger partial charge in [0.2, 0.25) is 0 Å². The number of hydrogen-bond acceptors (Lipinski definition) is 5. The molecule has 0 spiro atoms. The van der Waals surface area contributed by atoms with Gasteiger partial charge in [0, 0.05) is 5.02 Å². The lowest BCUT2D eigenvalue weighted by atomic mass is 10.2. The first-order chi connectivity index (χ1) is 13.9. The number of hydrogen-bond donors (Lipinski definition) is 0. The molecule has 0 aliphatic heterocycles. The van der Waals surface area contributed by atoms with Crippen molar-refractivity contribution in [2.45, 2.75) is 12.1 Å². The lowest BCUT2D eigenvalue weighted by Gasteiger charge is -2.13. The van der Waals surface area contributed by atoms with E-state index in [4.69, 9.17) is 23.2 Å². The second kappa shape index (κ2) is 8.32. The number of rotatable bonds is 5. The summed E-state index contributed by atoms with van der Waals surface area (Å²) in [4.78, 5) is 31.0. The van der Waals surface area contributed by atoms with Crippen molar-refractivity contribution in [1.82, 2.24) is 9.55 Å². The van der Waals surface area contributed by atoms with Crippen LogP contribution in [0.4, 0.5) is 0 Å². The van der Waals surface area contributed by atoms with Crippen LogP contribution in [0.1, 0.15) is 15.2 Å². The number of thioether (sulfide) groups is 1. The molecule has 0 fully saturated rings. The standard InChI is InChI=1S/C21H14Cl2N2O2S2/c1-12-3-2-4-14(9-12)25-20(27)15-6-5-13(22)10-16(15)24-21(25)28-11-17(26)18-7-8-19(23)29-18/h2-10H,11H2,1H3. The normalized spacial score (nSPS) is 11.1. The number of aromatic nitrogens is 2. The average Bonchev–Trinajstić information content (AvgIpc) is 3.12. The van der Waals surface area contributed by atoms with E-state index in [0.717, 1.165) is 5.56 Å². The summed E-state index contributed by atoms with van der Waals surface area (Å²) in [5.74, 6) is 0.0735. The lowest BCUT2D eigenvalue weighted by Crippen LogP contribution is -2.22. The van der Waals surface area contributed by atoms with E-state index >= 15 is 0 Å². The van der Waals surface area contributed by atoms with E-state index in [1.54, 1.807) is 34.9 Å². The summed E-state index contributed by atoms with van der Waals surface area (Å²) in [6, 6.07) is 16.0. The molecule has 146 valence electrons. The van der Waals surface area contributed by atoms with Crippen molar-refractivity contribution in [2.75, 3.05) is 5.75 Å². The Bertz CT molecular complexity index is 1300. The van der Waals surface area contributed by atoms with Crippen LogP contribution in [0.15, 0.2) is 64.5 Å². The fourth-order valence-corrected chi connectivity index (χ4v) is 5.03. The average molecular weight is 461 g/mol. The number of nitrogens with zero attached hydrogens (tertiary/aromatic N) is 2. The fraction of sp³-hybridized carbons (Fsp3) is 0.0952. The van der Waals surface area contributed by atoms with Gasteiger partial charge in [0.05, 0.1) is 31.6 Å². The van der Waals surface area contributed by atoms with E-state index in [2.05, 4.69) is 4.98 Å². The van der Waals surface area contributed by atoms with Crippen LogP contribution in [-0.2, 0) is 0 Å². The van der Waals surface area contributed by atoms with E-state index in [-0.39, 0.29) is 17.1 Å². The number of ketones is 1. The molecule has 0 atom stereocenters. The van der Waals surface area contributed by atoms with E-state index in [1.807, 2.05) is 31.2 Å². The zero-order valence-corrected chi connectivity index (χ0v) is 18.3. The molecular weight excluding hydrogens is 447 g/mol. The molecule has 2 aromatic carbocycles. The number of Topliss-reactive ketones (excluding diaryl/α,β-unsaturated/α-hetero) is 1. The minimum Gasteiger partial charge on any atom is -0.292 e. The monoisotopic (exact) mass is 460 g/mol. The molecule has 0 radical (unpaired) electrons. The Labute approximate surface area is 185 Å². The van der Waals surface area contributed by atoms with Gasteiger partial charge in [-0.05, 0) is 55.0 Å². The number of aryl methyl sites for hydroxylation is 1. The molecule has 2 aromatic heterocycles. The van der Waals surface area contributed by atoms with E-state index in [9.17, 15) is 9.59 Å². The van der Waals surface area contributed by atoms with E-state index in [1.165, 1.54) is 23.1 Å². The first kappa shape index (κ1) is 20.2. The van der Waals surface area contributed by atoms with Crippen molar-refractivity contribution < 1.29 is 4.79 Å². The van der Waals surface area contributed by atoms with Gasteiger partial charge >= 0.3 is 0 Å². The number of thiophene rings is 1. The highest BCUT2D eigenvalue weighted by Crippen LogP contribution is 2.27. The van der Waals surface area contributed by atoms with Crippen LogP contribution in [0, 0.1) is 6.92 Å². The smallest absolute Gasteiger partial charge is 0.266 e. The quantitative estimate of drug-likeness (QED) is 0.207. The Morgan fingerprint density at radius 3 is 2.69 bits per heavy atom. The van der Waals surface area contributed by atoms with Crippen molar-refractivity contribution in [2.24, 2.45) is 0 Å². The van der Waals surface area contributed by atoms with Gasteiger partial charge in [-0.15, -0.1) is 11.3 Å². The van der Waals surface area contributed by atoms with Gasteiger partial charge in [0.15, 0.2) is 10.9 Å². The number of carbonyl (C=O) groups is 1. The summed E-state index contributed by atoms with van der Waals surface area (Å²) < 4.78 is 2.11. The van der Waals surface area contributed by atoms with Crippen molar-refractivity contribution in [3.8, 4) is 5.69 Å². The molecule has 2 heterocycles. The Morgan fingerprint density at radius 2 is 1.97 bits per heavy atom. The molecule has 0 N–H and O–H groups in total. The van der Waals surface area contributed by atoms with Gasteiger partial charge in [-0.2, -0.15) is 0 Å². The van der Waals surface area contributed by atoms with Gasteiger partial charge in [0.25, 0.3) is 5.56 Å². The molecule has 8 heteroatoms. The predicted octanol–water partition coefficient (Wildman–Crippen LogP) is 6.04. The highest BCUT2D eigenvalue weighted by atomic mass is 35.5. The molecule has 4 nitrogen and oxygen atoms in total. The highest BCUT2D eigenvalue weighted by Gasteiger charge is 2.16. The van der Waals surface area contributed by atoms with Crippen LogP contribution in [0.25, 0.3) is 16.6 Å². The fourth-order valence-electron chi connectivity index (χ4n) is 2.90. The molecule has 29 heavy (non-hydrogen) atoms. The zero-order valence-electron chi connectivity index (χ0n) is 15.2. The SMILES string of the molecule is Cc1cccc(-n2c(SCC(=O)c3ccc(Cl)s3)nc3cc(Cl)ccc3c2=O)c1. The third-order valence-electron chi connectivity index (χ3n) is 4.24. The molecule has 0 bridgehead atoms. The topological polar surface area (TPSA) is 52.0 Å². The first-order valence-corrected chi connectivity index (χ1v) is 11.2. The molecule has 0 amide bonds. The van der Waals surface area contributed by atoms with Crippen LogP contribution in [0.3, 0.4) is 0 Å². The second-order valence-corrected chi connectivity index (χ2v) is 9.45. The molecular formula is C21H14Cl2N2O2S2. The molecule has 4 aromatic rings. The number of benzene rings is 2. The highest BCUT2D eigenvalue weighted by molar-refractivity contribution is 7.99. The Kier molecular flexibility index (Phi) is 5.79. The van der Waals surface area contributed by atoms with Crippen molar-refractivity contribution in [3.63, 3.8) is 0 Å². The van der Waals surface area contributed by atoms with Crippen LogP contribution < -0.4 is 5.56 Å². The summed E-state index contributed by atoms with van der Waals surface area (Å²) in [7, 11) is 0. The van der Waals surface area contributed by atoms with Crippen LogP contribution in [0.2, 0.25) is 9.36 Å². The van der Waals surface area contributed by atoms with E-state index < -0.39 is 0 Å². The zero-order chi connectivity index (χ0) is 20.5. The molecule has 0 aliphatic carbocycles. The van der Waals surface area contributed by atoms with Crippen LogP contribution in [-0.4, -0.2) is 21.1 Å². The molecule has 0 saturated heterocycles. The minimum atomic E-state index is -0.202. The Morgan fingerprint density at radius 1 is 1.14 bits per heavy atom. The second-order valence-electron chi connectivity index (χ2n) is 6.35. The third kappa shape index (κ3) is 4.26. The maximum atomic E-state index is 13.3. The molecule has 0 unspecified atom stereocenters. The first-order valence-electron chi connectivity index (χ1n) is 8.63. The van der Waals surface area contributed by atoms with Crippen molar-refractivity contribution in [3.05, 3.63) is 84.8 Å². The maximum Gasteiger partial charge on any atom is 0.266 e. The van der Waals surface area contributed by atoms with Gasteiger partial charge < -0.3 is 0 Å². The molecule has 0 aliphatic rings. The summed E-state index contributed by atoms with van der Waals surface area (Å²) in [5.41, 5.74) is 2.02. The lowest BCUT2D eigenvalue weighted by molar-refractivity contribution is 0.102. The summed E-state index contributed by atoms with van der Waals surface area (Å²) in [6.45, 7) is 1.96. The van der Waals surface area contributed by atoms with Crippen molar-refractivity contribution in [1.29, 1.82) is 0 Å². The van der Waals surface area contributed by atoms with Gasteiger partial charge in [-0.3, -0.25) is 14.2 Å². The van der Waals surface area contributed by atoms with Crippen LogP contribution in [0.5, 0.6) is 0 Å². The molecule has 0 saturated carbocycles. The van der Waals surface area contributed by atoms with Gasteiger partial charge in [-0.1, -0.05) is 47.1 Å². The summed E-state index contributed by atoms with van der Waals surface area (Å²) in [6.07, 6.45) is 0. The number of carbonyl (C=O) groups excluding carboxylic acids is 1. The third-order valence-corrected chi connectivity index (χ3v) is 6.69.